The van der Waals surface area contributed by atoms with Crippen LogP contribution >= 0.6 is 24.0 Å². The second kappa shape index (κ2) is 6.41. The Bertz CT molecular complexity index is 468. The summed E-state index contributed by atoms with van der Waals surface area (Å²) in [5, 5.41) is 3.57. The molecule has 0 aromatic heterocycles. The Kier molecular flexibility index (Phi) is 5.04. The molecule has 0 amide bonds. The lowest BCUT2D eigenvalue weighted by atomic mass is 9.82. The Hall–Kier alpha value is -0.650. The maximum Gasteiger partial charge on any atom is 0.137 e. The highest BCUT2D eigenvalue weighted by atomic mass is 32.2. The third-order valence-corrected chi connectivity index (χ3v) is 4.90. The monoisotopic (exact) mass is 312 g/mol. The van der Waals surface area contributed by atoms with Crippen LogP contribution in [0, 0.1) is 11.2 Å². The molecule has 1 saturated heterocycles. The van der Waals surface area contributed by atoms with Crippen LogP contribution in [0.2, 0.25) is 0 Å². The van der Waals surface area contributed by atoms with E-state index in [2.05, 4.69) is 31.0 Å². The Morgan fingerprint density at radius 3 is 2.50 bits per heavy atom. The van der Waals surface area contributed by atoms with Crippen LogP contribution in [0.25, 0.3) is 0 Å². The van der Waals surface area contributed by atoms with Gasteiger partial charge in [0.1, 0.15) is 10.1 Å². The smallest absolute Gasteiger partial charge is 0.137 e. The molecule has 5 heteroatoms. The van der Waals surface area contributed by atoms with Gasteiger partial charge in [-0.2, -0.15) is 0 Å². The quantitative estimate of drug-likeness (QED) is 0.850. The van der Waals surface area contributed by atoms with Gasteiger partial charge in [0, 0.05) is 18.3 Å². The number of hydrogen-bond acceptors (Lipinski definition) is 3. The molecule has 0 radical (unpaired) electrons. The maximum absolute atomic E-state index is 13.1. The van der Waals surface area contributed by atoms with Gasteiger partial charge in [0.15, 0.2) is 0 Å². The fraction of sp³-hybridized carbons (Fsp3) is 0.533. The number of nitrogens with one attached hydrogen (secondary N) is 1. The van der Waals surface area contributed by atoms with E-state index >= 15 is 0 Å². The fourth-order valence-corrected chi connectivity index (χ4v) is 3.58. The van der Waals surface area contributed by atoms with E-state index in [1.54, 1.807) is 11.8 Å². The van der Waals surface area contributed by atoms with E-state index in [1.165, 1.54) is 12.1 Å². The maximum atomic E-state index is 13.1. The lowest BCUT2D eigenvalue weighted by Gasteiger charge is -2.34. The number of thiocarbonyl (C=S) groups is 1. The number of rotatable bonds is 4. The van der Waals surface area contributed by atoms with Gasteiger partial charge < -0.3 is 4.90 Å². The lowest BCUT2D eigenvalue weighted by molar-refractivity contribution is 0.245. The number of thioether (sulfide) groups is 1. The van der Waals surface area contributed by atoms with Crippen molar-refractivity contribution in [3.05, 3.63) is 35.6 Å². The Balaban J connectivity index is 2.08. The van der Waals surface area contributed by atoms with Crippen molar-refractivity contribution in [2.75, 3.05) is 19.0 Å². The summed E-state index contributed by atoms with van der Waals surface area (Å²) in [7, 11) is 0. The molecule has 2 nitrogen and oxygen atoms in total. The summed E-state index contributed by atoms with van der Waals surface area (Å²) < 4.78 is 14.0. The molecule has 1 N–H and O–H groups in total. The minimum atomic E-state index is -0.196. The van der Waals surface area contributed by atoms with E-state index < -0.39 is 0 Å². The molecule has 1 unspecified atom stereocenters. The first-order chi connectivity index (χ1) is 9.38. The van der Waals surface area contributed by atoms with Crippen LogP contribution in [0.4, 0.5) is 4.39 Å². The highest BCUT2D eigenvalue weighted by Crippen LogP contribution is 2.33. The van der Waals surface area contributed by atoms with Crippen molar-refractivity contribution < 1.29 is 4.39 Å². The first-order valence-corrected chi connectivity index (χ1v) is 8.18. The second-order valence-electron chi connectivity index (χ2n) is 6.09. The first kappa shape index (κ1) is 15.7. The molecule has 2 rings (SSSR count). The molecule has 1 atom stereocenters. The zero-order valence-electron chi connectivity index (χ0n) is 12.1. The zero-order chi connectivity index (χ0) is 14.8. The van der Waals surface area contributed by atoms with E-state index in [-0.39, 0.29) is 17.3 Å². The first-order valence-electron chi connectivity index (χ1n) is 6.78. The van der Waals surface area contributed by atoms with Gasteiger partial charge in [-0.05, 0) is 23.1 Å². The zero-order valence-corrected chi connectivity index (χ0v) is 13.8. The van der Waals surface area contributed by atoms with E-state index in [0.717, 1.165) is 28.9 Å². The summed E-state index contributed by atoms with van der Waals surface area (Å²) >= 11 is 7.05. The normalized spacial score (nSPS) is 17.6. The van der Waals surface area contributed by atoms with Crippen molar-refractivity contribution in [3.8, 4) is 0 Å². The Morgan fingerprint density at radius 2 is 2.00 bits per heavy atom. The van der Waals surface area contributed by atoms with E-state index in [4.69, 9.17) is 12.2 Å². The molecule has 1 aromatic carbocycles. The molecule has 0 saturated carbocycles. The van der Waals surface area contributed by atoms with Gasteiger partial charge in [-0.25, -0.2) is 4.39 Å². The summed E-state index contributed by atoms with van der Waals surface area (Å²) in [6.07, 6.45) is 0. The fourth-order valence-electron chi connectivity index (χ4n) is 2.35. The van der Waals surface area contributed by atoms with Crippen molar-refractivity contribution in [3.63, 3.8) is 0 Å². The third kappa shape index (κ3) is 3.93. The molecular formula is C15H21FN2S2. The Morgan fingerprint density at radius 1 is 1.35 bits per heavy atom. The summed E-state index contributed by atoms with van der Waals surface area (Å²) in [4.78, 5) is 2.18. The molecule has 1 aromatic rings. The van der Waals surface area contributed by atoms with Crippen molar-refractivity contribution in [2.24, 2.45) is 5.41 Å². The van der Waals surface area contributed by atoms with Crippen LogP contribution in [-0.2, 0) is 0 Å². The standard InChI is InChI=1S/C15H21FN2S2/c1-15(2,3)13(11-4-6-12(16)7-5-11)17-10-18-8-9-20-14(18)19/h4-7,13,17H,8-10H2,1-3H3. The highest BCUT2D eigenvalue weighted by Gasteiger charge is 2.27. The molecule has 20 heavy (non-hydrogen) atoms. The number of halogens is 1. The van der Waals surface area contributed by atoms with Crippen LogP contribution in [-0.4, -0.2) is 28.2 Å². The Labute approximate surface area is 130 Å². The van der Waals surface area contributed by atoms with Crippen molar-refractivity contribution in [1.82, 2.24) is 10.2 Å². The minimum absolute atomic E-state index is 0.0479. The number of hydrogen-bond donors (Lipinski definition) is 1. The van der Waals surface area contributed by atoms with E-state index in [9.17, 15) is 4.39 Å². The van der Waals surface area contributed by atoms with Gasteiger partial charge >= 0.3 is 0 Å². The molecule has 0 spiro atoms. The van der Waals surface area contributed by atoms with Crippen LogP contribution in [0.3, 0.4) is 0 Å². The second-order valence-corrected chi connectivity index (χ2v) is 7.82. The van der Waals surface area contributed by atoms with Gasteiger partial charge in [-0.3, -0.25) is 5.32 Å². The molecule has 1 heterocycles. The molecule has 0 bridgehead atoms. The van der Waals surface area contributed by atoms with Crippen LogP contribution in [0.15, 0.2) is 24.3 Å². The minimum Gasteiger partial charge on any atom is -0.344 e. The molecular weight excluding hydrogens is 291 g/mol. The van der Waals surface area contributed by atoms with Crippen LogP contribution < -0.4 is 5.32 Å². The molecule has 110 valence electrons. The predicted molar refractivity (Wildman–Crippen MR) is 88.4 cm³/mol. The average molecular weight is 312 g/mol. The summed E-state index contributed by atoms with van der Waals surface area (Å²) in [6, 6.07) is 6.92. The van der Waals surface area contributed by atoms with Gasteiger partial charge in [-0.1, -0.05) is 56.9 Å². The van der Waals surface area contributed by atoms with E-state index in [0.29, 0.717) is 0 Å². The molecule has 1 fully saturated rings. The van der Waals surface area contributed by atoms with Crippen LogP contribution in [0.1, 0.15) is 32.4 Å². The van der Waals surface area contributed by atoms with Gasteiger partial charge in [0.05, 0.1) is 6.67 Å². The summed E-state index contributed by atoms with van der Waals surface area (Å²) in [5.74, 6) is 0.871. The predicted octanol–water partition coefficient (Wildman–Crippen LogP) is 3.79. The van der Waals surface area contributed by atoms with Gasteiger partial charge in [0.25, 0.3) is 0 Å². The number of benzene rings is 1. The topological polar surface area (TPSA) is 15.3 Å². The van der Waals surface area contributed by atoms with Crippen molar-refractivity contribution in [2.45, 2.75) is 26.8 Å². The largest absolute Gasteiger partial charge is 0.344 e. The van der Waals surface area contributed by atoms with Gasteiger partial charge in [-0.15, -0.1) is 0 Å². The third-order valence-electron chi connectivity index (χ3n) is 3.40. The van der Waals surface area contributed by atoms with Crippen molar-refractivity contribution in [1.29, 1.82) is 0 Å². The summed E-state index contributed by atoms with van der Waals surface area (Å²) in [5.41, 5.74) is 1.16. The van der Waals surface area contributed by atoms with Crippen molar-refractivity contribution >= 4 is 28.3 Å². The summed E-state index contributed by atoms with van der Waals surface area (Å²) in [6.45, 7) is 8.29. The SMILES string of the molecule is CC(C)(C)C(NCN1CCSC1=S)c1ccc(F)cc1. The van der Waals surface area contributed by atoms with E-state index in [1.807, 2.05) is 12.1 Å². The van der Waals surface area contributed by atoms with Gasteiger partial charge in [0.2, 0.25) is 0 Å². The lowest BCUT2D eigenvalue weighted by Crippen LogP contribution is -2.40. The molecule has 1 aliphatic rings. The number of nitrogens with zero attached hydrogens (tertiary/aromatic N) is 1. The average Bonchev–Trinajstić information content (AvgIpc) is 2.76. The highest BCUT2D eigenvalue weighted by molar-refractivity contribution is 8.23. The van der Waals surface area contributed by atoms with Crippen LogP contribution in [0.5, 0.6) is 0 Å². The molecule has 0 aliphatic carbocycles. The molecule has 1 aliphatic heterocycles.